The van der Waals surface area contributed by atoms with E-state index in [0.29, 0.717) is 5.92 Å². The molecule has 0 aromatic heterocycles. The van der Waals surface area contributed by atoms with Crippen molar-refractivity contribution in [3.8, 4) is 55.6 Å². The van der Waals surface area contributed by atoms with E-state index < -0.39 is 0 Å². The molecule has 0 atom stereocenters. The highest BCUT2D eigenvalue weighted by Gasteiger charge is 2.44. The van der Waals surface area contributed by atoms with Crippen molar-refractivity contribution >= 4 is 21.5 Å². The van der Waals surface area contributed by atoms with Gasteiger partial charge in [0.2, 0.25) is 0 Å². The Balaban J connectivity index is 1.04. The molecular weight excluding hydrogens is 637 g/mol. The van der Waals surface area contributed by atoms with E-state index in [1.54, 1.807) is 0 Å². The lowest BCUT2D eigenvalue weighted by molar-refractivity contribution is 0.647. The minimum atomic E-state index is -0.123. The van der Waals surface area contributed by atoms with Crippen molar-refractivity contribution in [2.24, 2.45) is 0 Å². The zero-order chi connectivity index (χ0) is 36.2. The highest BCUT2D eigenvalue weighted by Crippen LogP contribution is 2.59. The molecule has 0 saturated carbocycles. The van der Waals surface area contributed by atoms with Crippen LogP contribution in [0.4, 0.5) is 0 Å². The van der Waals surface area contributed by atoms with Crippen molar-refractivity contribution in [2.45, 2.75) is 58.3 Å². The SMILES string of the molecule is CC(C)c1cc(-c2ccc3c(c2)C(C)(C)c2c-3ccc3c2-c2ccccc2C3(C)C)cc(-c2ccc3cc(-c4ccc5ccccc5c4)ccc3c2)c1. The second kappa shape index (κ2) is 11.4. The fraction of sp³-hybridized carbons (Fsp3) is 0.170. The Bertz CT molecular complexity index is 2800. The van der Waals surface area contributed by atoms with Gasteiger partial charge in [-0.2, -0.15) is 0 Å². The van der Waals surface area contributed by atoms with Crippen LogP contribution in [0.1, 0.15) is 75.3 Å². The van der Waals surface area contributed by atoms with E-state index in [1.165, 1.54) is 105 Å². The minimum Gasteiger partial charge on any atom is -0.0619 e. The van der Waals surface area contributed by atoms with Gasteiger partial charge in [0.25, 0.3) is 0 Å². The Morgan fingerprint density at radius 2 is 0.887 bits per heavy atom. The first-order valence-corrected chi connectivity index (χ1v) is 19.2. The van der Waals surface area contributed by atoms with Crippen LogP contribution in [-0.2, 0) is 10.8 Å². The van der Waals surface area contributed by atoms with Gasteiger partial charge in [0.15, 0.2) is 0 Å². The van der Waals surface area contributed by atoms with Crippen LogP contribution in [0.5, 0.6) is 0 Å². The summed E-state index contributed by atoms with van der Waals surface area (Å²) < 4.78 is 0. The van der Waals surface area contributed by atoms with E-state index in [1.807, 2.05) is 0 Å². The summed E-state index contributed by atoms with van der Waals surface area (Å²) in [6.45, 7) is 14.3. The van der Waals surface area contributed by atoms with Crippen LogP contribution in [0.3, 0.4) is 0 Å². The Kier molecular flexibility index (Phi) is 6.87. The van der Waals surface area contributed by atoms with Crippen molar-refractivity contribution in [3.05, 3.63) is 179 Å². The third kappa shape index (κ3) is 4.81. The van der Waals surface area contributed by atoms with Crippen LogP contribution in [0.2, 0.25) is 0 Å². The summed E-state index contributed by atoms with van der Waals surface area (Å²) >= 11 is 0. The molecular formula is C53H44. The number of benzene rings is 8. The third-order valence-corrected chi connectivity index (χ3v) is 12.6. The molecule has 0 saturated heterocycles. The molecule has 8 aromatic carbocycles. The quantitative estimate of drug-likeness (QED) is 0.174. The zero-order valence-electron chi connectivity index (χ0n) is 31.5. The number of hydrogen-bond acceptors (Lipinski definition) is 0. The molecule has 0 spiro atoms. The van der Waals surface area contributed by atoms with Crippen molar-refractivity contribution in [1.82, 2.24) is 0 Å². The first-order chi connectivity index (χ1) is 25.6. The van der Waals surface area contributed by atoms with Crippen LogP contribution in [0, 0.1) is 0 Å². The summed E-state index contributed by atoms with van der Waals surface area (Å²) in [5.74, 6) is 0.416. The molecule has 0 nitrogen and oxygen atoms in total. The summed E-state index contributed by atoms with van der Waals surface area (Å²) in [7, 11) is 0. The number of fused-ring (bicyclic) bond motifs is 9. The largest absolute Gasteiger partial charge is 0.0619 e. The molecule has 0 fully saturated rings. The maximum absolute atomic E-state index is 2.49. The van der Waals surface area contributed by atoms with Crippen molar-refractivity contribution in [3.63, 3.8) is 0 Å². The van der Waals surface area contributed by atoms with Gasteiger partial charge in [0.1, 0.15) is 0 Å². The van der Waals surface area contributed by atoms with E-state index in [0.717, 1.165) is 0 Å². The molecule has 0 bridgehead atoms. The van der Waals surface area contributed by atoms with Gasteiger partial charge in [-0.25, -0.2) is 0 Å². The highest BCUT2D eigenvalue weighted by atomic mass is 14.5. The molecule has 8 aromatic rings. The predicted molar refractivity (Wildman–Crippen MR) is 227 cm³/mol. The van der Waals surface area contributed by atoms with Crippen molar-refractivity contribution in [2.75, 3.05) is 0 Å². The van der Waals surface area contributed by atoms with E-state index in [9.17, 15) is 0 Å². The van der Waals surface area contributed by atoms with E-state index in [2.05, 4.69) is 193 Å². The fourth-order valence-electron chi connectivity index (χ4n) is 9.57. The molecule has 0 radical (unpaired) electrons. The molecule has 0 unspecified atom stereocenters. The zero-order valence-corrected chi connectivity index (χ0v) is 31.5. The molecule has 2 aliphatic carbocycles. The van der Waals surface area contributed by atoms with E-state index in [-0.39, 0.29) is 10.8 Å². The topological polar surface area (TPSA) is 0 Å². The van der Waals surface area contributed by atoms with Crippen LogP contribution >= 0.6 is 0 Å². The van der Waals surface area contributed by atoms with Crippen LogP contribution < -0.4 is 0 Å². The number of hydrogen-bond donors (Lipinski definition) is 0. The lowest BCUT2D eigenvalue weighted by Gasteiger charge is -2.26. The fourth-order valence-corrected chi connectivity index (χ4v) is 9.57. The summed E-state index contributed by atoms with van der Waals surface area (Å²) in [5.41, 5.74) is 20.2. The molecule has 256 valence electrons. The maximum atomic E-state index is 2.49. The molecule has 0 amide bonds. The predicted octanol–water partition coefficient (Wildman–Crippen LogP) is 14.7. The van der Waals surface area contributed by atoms with Crippen molar-refractivity contribution in [1.29, 1.82) is 0 Å². The molecule has 0 N–H and O–H groups in total. The summed E-state index contributed by atoms with van der Waals surface area (Å²) in [4.78, 5) is 0. The van der Waals surface area contributed by atoms with Crippen LogP contribution in [-0.4, -0.2) is 0 Å². The smallest absolute Gasteiger partial charge is 0.0165 e. The lowest BCUT2D eigenvalue weighted by Crippen LogP contribution is -2.18. The Morgan fingerprint density at radius 3 is 1.57 bits per heavy atom. The van der Waals surface area contributed by atoms with Gasteiger partial charge in [-0.15, -0.1) is 0 Å². The summed E-state index contributed by atoms with van der Waals surface area (Å²) in [6.07, 6.45) is 0. The van der Waals surface area contributed by atoms with Crippen molar-refractivity contribution < 1.29 is 0 Å². The van der Waals surface area contributed by atoms with Gasteiger partial charge in [-0.1, -0.05) is 163 Å². The third-order valence-electron chi connectivity index (χ3n) is 12.6. The maximum Gasteiger partial charge on any atom is 0.0165 e. The molecule has 0 aliphatic heterocycles. The van der Waals surface area contributed by atoms with Gasteiger partial charge in [0.05, 0.1) is 0 Å². The van der Waals surface area contributed by atoms with Gasteiger partial charge < -0.3 is 0 Å². The normalized spacial score (nSPS) is 14.7. The Morgan fingerprint density at radius 1 is 0.358 bits per heavy atom. The summed E-state index contributed by atoms with van der Waals surface area (Å²) in [6, 6.07) is 57.5. The first kappa shape index (κ1) is 32.0. The monoisotopic (exact) mass is 680 g/mol. The second-order valence-corrected chi connectivity index (χ2v) is 16.8. The van der Waals surface area contributed by atoms with Gasteiger partial charge in [-0.3, -0.25) is 0 Å². The summed E-state index contributed by atoms with van der Waals surface area (Å²) in [5, 5.41) is 5.07. The Labute approximate surface area is 313 Å². The average Bonchev–Trinajstić information content (AvgIpc) is 3.56. The highest BCUT2D eigenvalue weighted by molar-refractivity contribution is 5.96. The molecule has 0 heterocycles. The van der Waals surface area contributed by atoms with E-state index >= 15 is 0 Å². The van der Waals surface area contributed by atoms with Gasteiger partial charge in [-0.05, 0) is 141 Å². The lowest BCUT2D eigenvalue weighted by atomic mass is 9.76. The standard InChI is InChI=1S/C53H44/c1-32(2)41-28-42(39-20-19-37-26-36(17-18-38(37)27-39)35-16-15-33-11-7-8-12-34(33)25-35)30-43(29-41)40-21-22-44-45-23-24-48-50(51(45)53(5,6)49(44)31-40)46-13-9-10-14-47(46)52(48,3)4/h7-32H,1-6H3. The molecule has 2 aliphatic rings. The first-order valence-electron chi connectivity index (χ1n) is 19.2. The average molecular weight is 681 g/mol. The molecule has 53 heavy (non-hydrogen) atoms. The van der Waals surface area contributed by atoms with E-state index in [4.69, 9.17) is 0 Å². The van der Waals surface area contributed by atoms with Crippen LogP contribution in [0.15, 0.2) is 152 Å². The number of rotatable bonds is 4. The molecule has 0 heteroatoms. The second-order valence-electron chi connectivity index (χ2n) is 16.8. The minimum absolute atomic E-state index is 0.00700. The van der Waals surface area contributed by atoms with Crippen LogP contribution in [0.25, 0.3) is 77.2 Å². The molecule has 10 rings (SSSR count). The van der Waals surface area contributed by atoms with Gasteiger partial charge >= 0.3 is 0 Å². The Hall–Kier alpha value is -5.72. The van der Waals surface area contributed by atoms with Gasteiger partial charge in [0, 0.05) is 10.8 Å².